The van der Waals surface area contributed by atoms with E-state index in [1.807, 2.05) is 17.9 Å². The molecule has 0 spiro atoms. The third-order valence-corrected chi connectivity index (χ3v) is 4.42. The van der Waals surface area contributed by atoms with E-state index in [9.17, 15) is 0 Å². The van der Waals surface area contributed by atoms with Crippen LogP contribution in [0.4, 0.5) is 0 Å². The lowest BCUT2D eigenvalue weighted by molar-refractivity contribution is 0.193. The third kappa shape index (κ3) is 2.59. The predicted octanol–water partition coefficient (Wildman–Crippen LogP) is 1.56. The maximum absolute atomic E-state index is 4.32. The summed E-state index contributed by atoms with van der Waals surface area (Å²) >= 11 is 0. The minimum atomic E-state index is 0.619. The van der Waals surface area contributed by atoms with Crippen LogP contribution in [-0.2, 0) is 7.05 Å². The van der Waals surface area contributed by atoms with E-state index in [1.165, 1.54) is 57.4 Å². The highest BCUT2D eigenvalue weighted by atomic mass is 15.3. The second kappa shape index (κ2) is 5.41. The van der Waals surface area contributed by atoms with Crippen LogP contribution in [0.15, 0.2) is 12.4 Å². The fourth-order valence-electron chi connectivity index (χ4n) is 3.43. The van der Waals surface area contributed by atoms with Crippen LogP contribution in [0.25, 0.3) is 0 Å². The van der Waals surface area contributed by atoms with Gasteiger partial charge in [-0.3, -0.25) is 9.58 Å². The minimum Gasteiger partial charge on any atom is -0.317 e. The molecule has 100 valence electrons. The molecule has 0 bridgehead atoms. The van der Waals surface area contributed by atoms with Gasteiger partial charge in [-0.1, -0.05) is 0 Å². The molecule has 0 amide bonds. The van der Waals surface area contributed by atoms with Crippen molar-refractivity contribution in [2.75, 3.05) is 26.2 Å². The molecule has 2 saturated heterocycles. The number of aromatic nitrogens is 2. The molecule has 0 aliphatic carbocycles. The Morgan fingerprint density at radius 3 is 2.89 bits per heavy atom. The van der Waals surface area contributed by atoms with Gasteiger partial charge in [-0.2, -0.15) is 5.10 Å². The van der Waals surface area contributed by atoms with Gasteiger partial charge in [-0.25, -0.2) is 0 Å². The first kappa shape index (κ1) is 12.2. The molecule has 0 aromatic carbocycles. The van der Waals surface area contributed by atoms with Crippen LogP contribution in [0.5, 0.6) is 0 Å². The number of piperidine rings is 1. The van der Waals surface area contributed by atoms with Gasteiger partial charge in [0, 0.05) is 31.4 Å². The molecule has 1 atom stereocenters. The summed E-state index contributed by atoms with van der Waals surface area (Å²) in [6.45, 7) is 4.96. The van der Waals surface area contributed by atoms with Crippen molar-refractivity contribution in [2.45, 2.75) is 31.7 Å². The van der Waals surface area contributed by atoms with E-state index in [-0.39, 0.29) is 0 Å². The average molecular weight is 248 g/mol. The Hall–Kier alpha value is -0.870. The van der Waals surface area contributed by atoms with E-state index in [4.69, 9.17) is 0 Å². The van der Waals surface area contributed by atoms with E-state index >= 15 is 0 Å². The Bertz CT molecular complexity index is 381. The molecule has 4 heteroatoms. The van der Waals surface area contributed by atoms with Crippen LogP contribution < -0.4 is 5.32 Å². The van der Waals surface area contributed by atoms with E-state index in [0.29, 0.717) is 6.04 Å². The zero-order valence-corrected chi connectivity index (χ0v) is 11.3. The van der Waals surface area contributed by atoms with Crippen LogP contribution in [0.2, 0.25) is 0 Å². The summed E-state index contributed by atoms with van der Waals surface area (Å²) in [5.74, 6) is 0.892. The molecule has 1 unspecified atom stereocenters. The zero-order valence-electron chi connectivity index (χ0n) is 11.3. The molecule has 2 aliphatic heterocycles. The van der Waals surface area contributed by atoms with E-state index in [2.05, 4.69) is 21.5 Å². The third-order valence-electron chi connectivity index (χ3n) is 4.42. The van der Waals surface area contributed by atoms with Crippen molar-refractivity contribution in [3.05, 3.63) is 18.0 Å². The van der Waals surface area contributed by atoms with E-state index < -0.39 is 0 Å². The lowest BCUT2D eigenvalue weighted by Gasteiger charge is -2.30. The molecule has 1 aromatic rings. The van der Waals surface area contributed by atoms with Gasteiger partial charge in [-0.15, -0.1) is 0 Å². The van der Waals surface area contributed by atoms with Gasteiger partial charge in [0.2, 0.25) is 0 Å². The summed E-state index contributed by atoms with van der Waals surface area (Å²) in [6, 6.07) is 0.619. The predicted molar refractivity (Wildman–Crippen MR) is 72.3 cm³/mol. The molecule has 0 radical (unpaired) electrons. The molecule has 0 saturated carbocycles. The number of hydrogen-bond donors (Lipinski definition) is 1. The van der Waals surface area contributed by atoms with E-state index in [1.54, 1.807) is 0 Å². The first-order valence-corrected chi connectivity index (χ1v) is 7.26. The SMILES string of the molecule is Cn1cc(C2CCCN2CC2CCNCC2)cn1. The molecule has 4 nitrogen and oxygen atoms in total. The highest BCUT2D eigenvalue weighted by Gasteiger charge is 2.29. The Morgan fingerprint density at radius 2 is 2.17 bits per heavy atom. The van der Waals surface area contributed by atoms with Crippen LogP contribution in [0.1, 0.15) is 37.3 Å². The van der Waals surface area contributed by atoms with Crippen LogP contribution in [-0.4, -0.2) is 40.9 Å². The molecular formula is C14H24N4. The van der Waals surface area contributed by atoms with E-state index in [0.717, 1.165) is 5.92 Å². The Labute approximate surface area is 109 Å². The Kier molecular flexibility index (Phi) is 3.66. The second-order valence-electron chi connectivity index (χ2n) is 5.79. The first-order chi connectivity index (χ1) is 8.83. The summed E-state index contributed by atoms with van der Waals surface area (Å²) < 4.78 is 1.93. The topological polar surface area (TPSA) is 33.1 Å². The lowest BCUT2D eigenvalue weighted by atomic mass is 9.97. The van der Waals surface area contributed by atoms with Gasteiger partial charge in [-0.05, 0) is 51.2 Å². The Morgan fingerprint density at radius 1 is 1.33 bits per heavy atom. The summed E-state index contributed by atoms with van der Waals surface area (Å²) in [5.41, 5.74) is 1.41. The van der Waals surface area contributed by atoms with Gasteiger partial charge in [0.05, 0.1) is 6.20 Å². The Balaban J connectivity index is 1.63. The van der Waals surface area contributed by atoms with Crippen molar-refractivity contribution in [3.8, 4) is 0 Å². The van der Waals surface area contributed by atoms with Gasteiger partial charge >= 0.3 is 0 Å². The van der Waals surface area contributed by atoms with Crippen LogP contribution in [0, 0.1) is 5.92 Å². The first-order valence-electron chi connectivity index (χ1n) is 7.26. The van der Waals surface area contributed by atoms with Crippen LogP contribution in [0.3, 0.4) is 0 Å². The zero-order chi connectivity index (χ0) is 12.4. The van der Waals surface area contributed by atoms with Crippen molar-refractivity contribution >= 4 is 0 Å². The van der Waals surface area contributed by atoms with Crippen molar-refractivity contribution in [2.24, 2.45) is 13.0 Å². The fraction of sp³-hybridized carbons (Fsp3) is 0.786. The molecular weight excluding hydrogens is 224 g/mol. The van der Waals surface area contributed by atoms with Gasteiger partial charge in [0.25, 0.3) is 0 Å². The van der Waals surface area contributed by atoms with Gasteiger partial charge in [0.1, 0.15) is 0 Å². The highest BCUT2D eigenvalue weighted by molar-refractivity contribution is 5.12. The number of nitrogens with zero attached hydrogens (tertiary/aromatic N) is 3. The van der Waals surface area contributed by atoms with Crippen LogP contribution >= 0.6 is 0 Å². The largest absolute Gasteiger partial charge is 0.317 e. The molecule has 1 N–H and O–H groups in total. The fourth-order valence-corrected chi connectivity index (χ4v) is 3.43. The number of likely N-dealkylation sites (tertiary alicyclic amines) is 1. The summed E-state index contributed by atoms with van der Waals surface area (Å²) in [4.78, 5) is 2.69. The quantitative estimate of drug-likeness (QED) is 0.881. The number of aryl methyl sites for hydroxylation is 1. The molecule has 2 aliphatic rings. The maximum Gasteiger partial charge on any atom is 0.0537 e. The number of rotatable bonds is 3. The molecule has 2 fully saturated rings. The average Bonchev–Trinajstić information content (AvgIpc) is 2.99. The van der Waals surface area contributed by atoms with Gasteiger partial charge in [0.15, 0.2) is 0 Å². The number of nitrogens with one attached hydrogen (secondary N) is 1. The van der Waals surface area contributed by atoms with Gasteiger partial charge < -0.3 is 5.32 Å². The van der Waals surface area contributed by atoms with Crippen molar-refractivity contribution in [3.63, 3.8) is 0 Å². The summed E-state index contributed by atoms with van der Waals surface area (Å²) in [6.07, 6.45) is 9.56. The molecule has 1 aromatic heterocycles. The van der Waals surface area contributed by atoms with Crippen molar-refractivity contribution < 1.29 is 0 Å². The van der Waals surface area contributed by atoms with Crippen molar-refractivity contribution in [1.82, 2.24) is 20.0 Å². The maximum atomic E-state index is 4.32. The standard InChI is InChI=1S/C14H24N4/c1-17-11-13(9-16-17)14-3-2-8-18(14)10-12-4-6-15-7-5-12/h9,11-12,14-15H,2-8,10H2,1H3. The summed E-state index contributed by atoms with van der Waals surface area (Å²) in [5, 5.41) is 7.78. The smallest absolute Gasteiger partial charge is 0.0537 e. The highest BCUT2D eigenvalue weighted by Crippen LogP contribution is 2.33. The molecule has 3 rings (SSSR count). The number of hydrogen-bond acceptors (Lipinski definition) is 3. The molecule has 18 heavy (non-hydrogen) atoms. The molecule has 3 heterocycles. The monoisotopic (exact) mass is 248 g/mol. The minimum absolute atomic E-state index is 0.619. The van der Waals surface area contributed by atoms with Crippen molar-refractivity contribution in [1.29, 1.82) is 0 Å². The lowest BCUT2D eigenvalue weighted by Crippen LogP contribution is -2.35. The second-order valence-corrected chi connectivity index (χ2v) is 5.79. The normalized spacial score (nSPS) is 26.8. The summed E-state index contributed by atoms with van der Waals surface area (Å²) in [7, 11) is 2.01.